The summed E-state index contributed by atoms with van der Waals surface area (Å²) in [5.41, 5.74) is 1.51. The molecule has 0 unspecified atom stereocenters. The summed E-state index contributed by atoms with van der Waals surface area (Å²) in [7, 11) is 1.66. The summed E-state index contributed by atoms with van der Waals surface area (Å²) in [6.07, 6.45) is 0.832. The Morgan fingerprint density at radius 3 is 2.03 bits per heavy atom. The fourth-order valence-electron chi connectivity index (χ4n) is 4.59. The Hall–Kier alpha value is -3.55. The van der Waals surface area contributed by atoms with E-state index >= 15 is 0 Å². The lowest BCUT2D eigenvalue weighted by Gasteiger charge is -2.41. The van der Waals surface area contributed by atoms with E-state index in [0.717, 1.165) is 29.9 Å². The highest BCUT2D eigenvalue weighted by Gasteiger charge is 2.40. The van der Waals surface area contributed by atoms with Gasteiger partial charge in [0.1, 0.15) is 12.1 Å². The maximum absolute atomic E-state index is 13.8. The molecule has 37 heavy (non-hydrogen) atoms. The molecule has 1 saturated heterocycles. The van der Waals surface area contributed by atoms with Crippen molar-refractivity contribution in [1.82, 2.24) is 9.80 Å². The van der Waals surface area contributed by atoms with Crippen LogP contribution in [0.25, 0.3) is 0 Å². The topological polar surface area (TPSA) is 90.4 Å². The summed E-state index contributed by atoms with van der Waals surface area (Å²) in [4.78, 5) is 43.2. The third-order valence-corrected chi connectivity index (χ3v) is 6.71. The maximum Gasteiger partial charge on any atom is 0.410 e. The van der Waals surface area contributed by atoms with Crippen LogP contribution in [0.4, 0.5) is 10.5 Å². The van der Waals surface area contributed by atoms with Gasteiger partial charge in [0.15, 0.2) is 0 Å². The number of carbonyl (C=O) groups excluding carboxylic acids is 2. The molecule has 0 atom stereocenters. The molecule has 1 fully saturated rings. The number of carboxylic acids is 1. The van der Waals surface area contributed by atoms with Gasteiger partial charge in [-0.05, 0) is 56.9 Å². The quantitative estimate of drug-likeness (QED) is 0.551. The zero-order valence-electron chi connectivity index (χ0n) is 22.6. The number of aliphatic carboxylic acids is 1. The van der Waals surface area contributed by atoms with E-state index < -0.39 is 23.1 Å². The van der Waals surface area contributed by atoms with Crippen molar-refractivity contribution in [2.75, 3.05) is 31.6 Å². The Labute approximate surface area is 219 Å². The number of benzene rings is 2. The molecule has 1 N–H and O–H groups in total. The largest absolute Gasteiger partial charge is 0.480 e. The number of nitrogens with zero attached hydrogens (tertiary/aromatic N) is 3. The predicted octanol–water partition coefficient (Wildman–Crippen LogP) is 4.77. The molecule has 8 nitrogen and oxygen atoms in total. The summed E-state index contributed by atoms with van der Waals surface area (Å²) >= 11 is 0. The van der Waals surface area contributed by atoms with Crippen LogP contribution in [-0.4, -0.2) is 65.2 Å². The minimum atomic E-state index is -1.05. The lowest BCUT2D eigenvalue weighted by molar-refractivity contribution is -0.150. The lowest BCUT2D eigenvalue weighted by Crippen LogP contribution is -2.50. The van der Waals surface area contributed by atoms with Crippen molar-refractivity contribution >= 4 is 23.7 Å². The molecular weight excluding hydrogens is 470 g/mol. The van der Waals surface area contributed by atoms with Crippen LogP contribution in [0.2, 0.25) is 0 Å². The standard InChI is InChI=1S/C29H39N3O5/c1-28(2,3)37-27(36)30(5)19-22-11-9-10-12-23(22)20-32(21-25(33)34)26(35)29(4)15-17-31(18-16-29)24-13-7-6-8-14-24/h6-14H,15-21H2,1-5H3,(H,33,34). The molecule has 8 heteroatoms. The molecule has 1 aliphatic heterocycles. The zero-order valence-corrected chi connectivity index (χ0v) is 22.6. The first kappa shape index (κ1) is 28.0. The highest BCUT2D eigenvalue weighted by atomic mass is 16.6. The second kappa shape index (κ2) is 11.7. The highest BCUT2D eigenvalue weighted by molar-refractivity contribution is 5.86. The first-order valence-electron chi connectivity index (χ1n) is 12.7. The second-order valence-electron chi connectivity index (χ2n) is 11.0. The molecule has 0 spiro atoms. The number of hydrogen-bond donors (Lipinski definition) is 1. The van der Waals surface area contributed by atoms with Gasteiger partial charge in [0.2, 0.25) is 5.91 Å². The van der Waals surface area contributed by atoms with Crippen LogP contribution in [0, 0.1) is 5.41 Å². The smallest absolute Gasteiger partial charge is 0.410 e. The third kappa shape index (κ3) is 7.71. The minimum absolute atomic E-state index is 0.154. The van der Waals surface area contributed by atoms with Gasteiger partial charge in [-0.3, -0.25) is 9.59 Å². The Morgan fingerprint density at radius 2 is 1.49 bits per heavy atom. The van der Waals surface area contributed by atoms with Crippen LogP contribution < -0.4 is 4.90 Å². The number of rotatable bonds is 8. The second-order valence-corrected chi connectivity index (χ2v) is 11.0. The number of para-hydroxylation sites is 1. The van der Waals surface area contributed by atoms with Crippen molar-refractivity contribution in [1.29, 1.82) is 0 Å². The summed E-state index contributed by atoms with van der Waals surface area (Å²) in [5.74, 6) is -1.21. The number of amides is 2. The van der Waals surface area contributed by atoms with E-state index in [4.69, 9.17) is 4.74 Å². The van der Waals surface area contributed by atoms with Crippen LogP contribution in [0.1, 0.15) is 51.7 Å². The van der Waals surface area contributed by atoms with Crippen molar-refractivity contribution in [3.8, 4) is 0 Å². The highest BCUT2D eigenvalue weighted by Crippen LogP contribution is 2.35. The molecule has 2 amide bonds. The van der Waals surface area contributed by atoms with Gasteiger partial charge in [-0.2, -0.15) is 0 Å². The first-order valence-corrected chi connectivity index (χ1v) is 12.7. The van der Waals surface area contributed by atoms with Gasteiger partial charge in [0, 0.05) is 44.3 Å². The average molecular weight is 510 g/mol. The van der Waals surface area contributed by atoms with E-state index in [1.807, 2.05) is 70.2 Å². The molecule has 0 saturated carbocycles. The van der Waals surface area contributed by atoms with Crippen LogP contribution in [0.15, 0.2) is 54.6 Å². The van der Waals surface area contributed by atoms with Gasteiger partial charge >= 0.3 is 12.1 Å². The van der Waals surface area contributed by atoms with Gasteiger partial charge in [0.25, 0.3) is 0 Å². The molecule has 0 aromatic heterocycles. The Bertz CT molecular complexity index is 1090. The number of hydrogen-bond acceptors (Lipinski definition) is 5. The van der Waals surface area contributed by atoms with Gasteiger partial charge in [-0.15, -0.1) is 0 Å². The van der Waals surface area contributed by atoms with Crippen LogP contribution in [0.5, 0.6) is 0 Å². The van der Waals surface area contributed by atoms with E-state index in [1.165, 1.54) is 9.80 Å². The van der Waals surface area contributed by atoms with Gasteiger partial charge in [-0.25, -0.2) is 4.79 Å². The molecule has 3 rings (SSSR count). The molecule has 200 valence electrons. The fraction of sp³-hybridized carbons (Fsp3) is 0.483. The van der Waals surface area contributed by atoms with Crippen molar-refractivity contribution < 1.29 is 24.2 Å². The van der Waals surface area contributed by atoms with E-state index in [9.17, 15) is 19.5 Å². The Morgan fingerprint density at radius 1 is 0.946 bits per heavy atom. The SMILES string of the molecule is CN(Cc1ccccc1CN(CC(=O)O)C(=O)C1(C)CCN(c2ccccc2)CC1)C(=O)OC(C)(C)C. The lowest BCUT2D eigenvalue weighted by atomic mass is 9.78. The number of carbonyl (C=O) groups is 3. The number of piperidine rings is 1. The number of ether oxygens (including phenoxy) is 1. The number of carboxylic acid groups (broad SMARTS) is 1. The van der Waals surface area contributed by atoms with Crippen LogP contribution in [-0.2, 0) is 27.4 Å². The maximum atomic E-state index is 13.8. The van der Waals surface area contributed by atoms with Crippen molar-refractivity contribution in [3.63, 3.8) is 0 Å². The molecular formula is C29H39N3O5. The minimum Gasteiger partial charge on any atom is -0.480 e. The molecule has 2 aromatic rings. The van der Waals surface area contributed by atoms with Crippen molar-refractivity contribution in [3.05, 3.63) is 65.7 Å². The predicted molar refractivity (Wildman–Crippen MR) is 143 cm³/mol. The zero-order chi connectivity index (χ0) is 27.2. The Balaban J connectivity index is 1.74. The first-order chi connectivity index (χ1) is 17.4. The van der Waals surface area contributed by atoms with Crippen molar-refractivity contribution in [2.24, 2.45) is 5.41 Å². The molecule has 1 aliphatic rings. The van der Waals surface area contributed by atoms with E-state index in [-0.39, 0.29) is 25.5 Å². The molecule has 2 aromatic carbocycles. The normalized spacial score (nSPS) is 15.1. The molecule has 0 radical (unpaired) electrons. The van der Waals surface area contributed by atoms with E-state index in [0.29, 0.717) is 12.8 Å². The summed E-state index contributed by atoms with van der Waals surface area (Å²) in [5, 5.41) is 9.61. The summed E-state index contributed by atoms with van der Waals surface area (Å²) < 4.78 is 5.46. The van der Waals surface area contributed by atoms with Crippen LogP contribution in [0.3, 0.4) is 0 Å². The van der Waals surface area contributed by atoms with Gasteiger partial charge in [-0.1, -0.05) is 49.4 Å². The summed E-state index contributed by atoms with van der Waals surface area (Å²) in [6, 6.07) is 17.6. The van der Waals surface area contributed by atoms with E-state index in [2.05, 4.69) is 17.0 Å². The third-order valence-electron chi connectivity index (χ3n) is 6.71. The Kier molecular flexibility index (Phi) is 8.84. The molecule has 0 bridgehead atoms. The fourth-order valence-corrected chi connectivity index (χ4v) is 4.59. The van der Waals surface area contributed by atoms with Gasteiger partial charge < -0.3 is 24.5 Å². The van der Waals surface area contributed by atoms with Gasteiger partial charge in [0.05, 0.1) is 0 Å². The van der Waals surface area contributed by atoms with Crippen molar-refractivity contribution in [2.45, 2.75) is 59.2 Å². The average Bonchev–Trinajstić information content (AvgIpc) is 2.84. The summed E-state index contributed by atoms with van der Waals surface area (Å²) in [6.45, 7) is 8.88. The monoisotopic (exact) mass is 509 g/mol. The number of anilines is 1. The van der Waals surface area contributed by atoms with E-state index in [1.54, 1.807) is 7.05 Å². The molecule has 1 heterocycles. The van der Waals surface area contributed by atoms with Crippen LogP contribution >= 0.6 is 0 Å². The molecule has 0 aliphatic carbocycles.